The zero-order valence-electron chi connectivity index (χ0n) is 24.5. The highest BCUT2D eigenvalue weighted by molar-refractivity contribution is 9.10. The van der Waals surface area contributed by atoms with E-state index in [2.05, 4.69) is 21.2 Å². The third-order valence-electron chi connectivity index (χ3n) is 6.77. The van der Waals surface area contributed by atoms with Crippen LogP contribution in [0.3, 0.4) is 0 Å². The SMILES string of the molecule is CCOc1ccccc1N(CC(=O)N(Cc1cccc(Br)c1)[C@H](C)C(=O)N[C@H](C)CC)S(=O)(=O)c1ccc(SC)cc1. The molecule has 2 atom stereocenters. The number of thioether (sulfide) groups is 1. The van der Waals surface area contributed by atoms with Crippen LogP contribution in [-0.4, -0.2) is 56.6 Å². The molecule has 42 heavy (non-hydrogen) atoms. The molecule has 8 nitrogen and oxygen atoms in total. The van der Waals surface area contributed by atoms with Gasteiger partial charge in [-0.1, -0.05) is 47.1 Å². The number of sulfonamides is 1. The summed E-state index contributed by atoms with van der Waals surface area (Å²) in [6.45, 7) is 7.20. The van der Waals surface area contributed by atoms with Crippen molar-refractivity contribution in [3.05, 3.63) is 82.8 Å². The number of para-hydroxylation sites is 2. The van der Waals surface area contributed by atoms with Crippen molar-refractivity contribution in [2.75, 3.05) is 23.7 Å². The summed E-state index contributed by atoms with van der Waals surface area (Å²) in [6, 6.07) is 19.7. The Morgan fingerprint density at radius 1 is 1.00 bits per heavy atom. The van der Waals surface area contributed by atoms with Crippen LogP contribution in [0.25, 0.3) is 0 Å². The molecule has 0 bridgehead atoms. The smallest absolute Gasteiger partial charge is 0.264 e. The Balaban J connectivity index is 2.08. The minimum absolute atomic E-state index is 0.0421. The van der Waals surface area contributed by atoms with Gasteiger partial charge in [0.15, 0.2) is 0 Å². The van der Waals surface area contributed by atoms with E-state index in [0.717, 1.165) is 25.7 Å². The van der Waals surface area contributed by atoms with Gasteiger partial charge in [0.2, 0.25) is 11.8 Å². The molecule has 3 rings (SSSR count). The van der Waals surface area contributed by atoms with Gasteiger partial charge in [0.1, 0.15) is 18.3 Å². The predicted octanol–water partition coefficient (Wildman–Crippen LogP) is 6.10. The summed E-state index contributed by atoms with van der Waals surface area (Å²) < 4.78 is 36.0. The highest BCUT2D eigenvalue weighted by Crippen LogP contribution is 2.33. The number of benzene rings is 3. The van der Waals surface area contributed by atoms with Gasteiger partial charge in [0, 0.05) is 22.0 Å². The number of carbonyl (C=O) groups is 2. The highest BCUT2D eigenvalue weighted by Gasteiger charge is 2.34. The van der Waals surface area contributed by atoms with Crippen molar-refractivity contribution in [1.29, 1.82) is 0 Å². The third kappa shape index (κ3) is 8.52. The maximum Gasteiger partial charge on any atom is 0.264 e. The van der Waals surface area contributed by atoms with Gasteiger partial charge in [-0.15, -0.1) is 11.8 Å². The maximum atomic E-state index is 14.1. The number of hydrogen-bond acceptors (Lipinski definition) is 6. The van der Waals surface area contributed by atoms with E-state index in [-0.39, 0.29) is 29.1 Å². The van der Waals surface area contributed by atoms with Gasteiger partial charge < -0.3 is 15.0 Å². The Morgan fingerprint density at radius 2 is 1.69 bits per heavy atom. The van der Waals surface area contributed by atoms with Crippen LogP contribution in [0.4, 0.5) is 5.69 Å². The number of hydrogen-bond donors (Lipinski definition) is 1. The Morgan fingerprint density at radius 3 is 2.31 bits per heavy atom. The second-order valence-electron chi connectivity index (χ2n) is 9.73. The fraction of sp³-hybridized carbons (Fsp3) is 0.355. The average Bonchev–Trinajstić information content (AvgIpc) is 2.98. The number of rotatable bonds is 14. The van der Waals surface area contributed by atoms with Crippen LogP contribution in [0.2, 0.25) is 0 Å². The Bertz CT molecular complexity index is 1470. The molecule has 0 saturated heterocycles. The first-order valence-electron chi connectivity index (χ1n) is 13.7. The van der Waals surface area contributed by atoms with E-state index < -0.39 is 28.5 Å². The van der Waals surface area contributed by atoms with Gasteiger partial charge in [0.05, 0.1) is 17.2 Å². The summed E-state index contributed by atoms with van der Waals surface area (Å²) in [4.78, 5) is 29.7. The van der Waals surface area contributed by atoms with E-state index in [9.17, 15) is 18.0 Å². The molecule has 0 unspecified atom stereocenters. The summed E-state index contributed by atoms with van der Waals surface area (Å²) in [5, 5.41) is 2.94. The standard InChI is InChI=1S/C31H38BrN3O5S2/c1-6-22(3)33-31(37)23(4)34(20-24-11-10-12-25(32)19-24)30(36)21-35(28-13-8-9-14-29(28)40-7-2)42(38,39)27-17-15-26(41-5)16-18-27/h8-19,22-23H,6-7,20-21H2,1-5H3,(H,33,37)/t22-,23-/m1/s1. The molecule has 0 fully saturated rings. The van der Waals surface area contributed by atoms with Crippen LogP contribution >= 0.6 is 27.7 Å². The largest absolute Gasteiger partial charge is 0.492 e. The Hall–Kier alpha value is -3.02. The number of halogens is 1. The number of nitrogens with one attached hydrogen (secondary N) is 1. The lowest BCUT2D eigenvalue weighted by Gasteiger charge is -2.33. The predicted molar refractivity (Wildman–Crippen MR) is 172 cm³/mol. The number of nitrogens with zero attached hydrogens (tertiary/aromatic N) is 2. The van der Waals surface area contributed by atoms with Gasteiger partial charge in [0.25, 0.3) is 10.0 Å². The fourth-order valence-electron chi connectivity index (χ4n) is 4.21. The molecule has 0 aliphatic carbocycles. The van der Waals surface area contributed by atoms with E-state index in [4.69, 9.17) is 4.74 Å². The summed E-state index contributed by atoms with van der Waals surface area (Å²) >= 11 is 4.97. The van der Waals surface area contributed by atoms with E-state index in [1.165, 1.54) is 28.8 Å². The van der Waals surface area contributed by atoms with Gasteiger partial charge in [-0.2, -0.15) is 0 Å². The van der Waals surface area contributed by atoms with Crippen molar-refractivity contribution in [3.8, 4) is 5.75 Å². The van der Waals surface area contributed by atoms with Crippen molar-refractivity contribution >= 4 is 55.2 Å². The van der Waals surface area contributed by atoms with Crippen LogP contribution in [0.15, 0.2) is 87.1 Å². The van der Waals surface area contributed by atoms with Crippen molar-refractivity contribution in [3.63, 3.8) is 0 Å². The second kappa shape index (κ2) is 15.5. The van der Waals surface area contributed by atoms with Crippen LogP contribution in [0.1, 0.15) is 39.7 Å². The number of anilines is 1. The lowest BCUT2D eigenvalue weighted by molar-refractivity contribution is -0.139. The summed E-state index contributed by atoms with van der Waals surface area (Å²) in [7, 11) is -4.21. The molecule has 0 aliphatic rings. The number of ether oxygens (including phenoxy) is 1. The van der Waals surface area contributed by atoms with Gasteiger partial charge in [-0.05, 0) is 87.5 Å². The lowest BCUT2D eigenvalue weighted by Crippen LogP contribution is -2.52. The molecule has 3 aromatic rings. The lowest BCUT2D eigenvalue weighted by atomic mass is 10.1. The van der Waals surface area contributed by atoms with Gasteiger partial charge >= 0.3 is 0 Å². The van der Waals surface area contributed by atoms with E-state index in [1.54, 1.807) is 50.2 Å². The average molecular weight is 677 g/mol. The van der Waals surface area contributed by atoms with Crippen molar-refractivity contribution in [1.82, 2.24) is 10.2 Å². The van der Waals surface area contributed by atoms with Gasteiger partial charge in [-0.3, -0.25) is 13.9 Å². The van der Waals surface area contributed by atoms with Crippen LogP contribution in [0.5, 0.6) is 5.75 Å². The summed E-state index contributed by atoms with van der Waals surface area (Å²) in [6.07, 6.45) is 2.64. The van der Waals surface area contributed by atoms with Crippen LogP contribution in [-0.2, 0) is 26.2 Å². The molecular weight excluding hydrogens is 638 g/mol. The monoisotopic (exact) mass is 675 g/mol. The van der Waals surface area contributed by atoms with Gasteiger partial charge in [-0.25, -0.2) is 8.42 Å². The molecule has 11 heteroatoms. The normalized spacial score (nSPS) is 12.7. The van der Waals surface area contributed by atoms with Crippen molar-refractivity contribution in [2.24, 2.45) is 0 Å². The van der Waals surface area contributed by atoms with E-state index in [0.29, 0.717) is 12.4 Å². The van der Waals surface area contributed by atoms with E-state index in [1.807, 2.05) is 44.4 Å². The van der Waals surface area contributed by atoms with Crippen LogP contribution < -0.4 is 14.4 Å². The first-order chi connectivity index (χ1) is 20.0. The number of amides is 2. The topological polar surface area (TPSA) is 96.0 Å². The number of carbonyl (C=O) groups excluding carboxylic acids is 2. The molecular formula is C31H38BrN3O5S2. The molecule has 0 radical (unpaired) electrons. The fourth-order valence-corrected chi connectivity index (χ4v) is 6.49. The molecule has 1 N–H and O–H groups in total. The zero-order valence-corrected chi connectivity index (χ0v) is 27.8. The van der Waals surface area contributed by atoms with Crippen LogP contribution in [0, 0.1) is 0 Å². The first-order valence-corrected chi connectivity index (χ1v) is 17.2. The molecule has 0 spiro atoms. The maximum absolute atomic E-state index is 14.1. The molecule has 0 aliphatic heterocycles. The minimum Gasteiger partial charge on any atom is -0.492 e. The second-order valence-corrected chi connectivity index (χ2v) is 13.4. The molecule has 226 valence electrons. The summed E-state index contributed by atoms with van der Waals surface area (Å²) in [5.74, 6) is -0.514. The van der Waals surface area contributed by atoms with Crippen molar-refractivity contribution in [2.45, 2.75) is 62.5 Å². The minimum atomic E-state index is -4.21. The first kappa shape index (κ1) is 33.5. The zero-order chi connectivity index (χ0) is 30.9. The molecule has 3 aromatic carbocycles. The molecule has 0 aromatic heterocycles. The molecule has 0 heterocycles. The van der Waals surface area contributed by atoms with E-state index >= 15 is 0 Å². The Kier molecular flexibility index (Phi) is 12.3. The third-order valence-corrected chi connectivity index (χ3v) is 9.78. The summed E-state index contributed by atoms with van der Waals surface area (Å²) in [5.41, 5.74) is 1.03. The Labute approximate surface area is 262 Å². The highest BCUT2D eigenvalue weighted by atomic mass is 79.9. The quantitative estimate of drug-likeness (QED) is 0.208. The molecule has 0 saturated carbocycles. The molecule has 2 amide bonds. The van der Waals surface area contributed by atoms with Crippen molar-refractivity contribution < 1.29 is 22.7 Å².